The molecule has 0 bridgehead atoms. The standard InChI is InChI=1S/C19H28ClN/c20-18-10-8-17(9-11-18)19(12-4-5-13-19)16-21-14-6-2-1-3-7-15-21/h8-11H,1-7,12-16H2. The van der Waals surface area contributed by atoms with Gasteiger partial charge in [0.1, 0.15) is 0 Å². The molecule has 116 valence electrons. The Hall–Kier alpha value is -0.530. The van der Waals surface area contributed by atoms with Gasteiger partial charge >= 0.3 is 0 Å². The van der Waals surface area contributed by atoms with E-state index in [2.05, 4.69) is 29.2 Å². The van der Waals surface area contributed by atoms with Gasteiger partial charge < -0.3 is 4.90 Å². The number of nitrogens with zero attached hydrogens (tertiary/aromatic N) is 1. The SMILES string of the molecule is Clc1ccc(C2(CN3CCCCCCC3)CCCC2)cc1. The van der Waals surface area contributed by atoms with E-state index < -0.39 is 0 Å². The largest absolute Gasteiger partial charge is 0.302 e. The van der Waals surface area contributed by atoms with Crippen LogP contribution in [0.5, 0.6) is 0 Å². The van der Waals surface area contributed by atoms with Crippen LogP contribution in [0.25, 0.3) is 0 Å². The second kappa shape index (κ2) is 7.15. The average molecular weight is 306 g/mol. The molecule has 0 aromatic heterocycles. The van der Waals surface area contributed by atoms with E-state index in [4.69, 9.17) is 11.6 Å². The van der Waals surface area contributed by atoms with Crippen molar-refractivity contribution in [3.8, 4) is 0 Å². The third kappa shape index (κ3) is 3.81. The topological polar surface area (TPSA) is 3.24 Å². The lowest BCUT2D eigenvalue weighted by Gasteiger charge is -2.37. The van der Waals surface area contributed by atoms with Gasteiger partial charge in [-0.05, 0) is 56.5 Å². The molecule has 1 heterocycles. The van der Waals surface area contributed by atoms with Crippen molar-refractivity contribution >= 4 is 11.6 Å². The molecule has 0 unspecified atom stereocenters. The lowest BCUT2D eigenvalue weighted by Crippen LogP contribution is -2.40. The number of likely N-dealkylation sites (tertiary alicyclic amines) is 1. The highest BCUT2D eigenvalue weighted by Gasteiger charge is 2.37. The molecule has 0 amide bonds. The van der Waals surface area contributed by atoms with Crippen molar-refractivity contribution < 1.29 is 0 Å². The maximum absolute atomic E-state index is 6.08. The second-order valence-corrected chi connectivity index (χ2v) is 7.47. The van der Waals surface area contributed by atoms with Gasteiger partial charge in [-0.3, -0.25) is 0 Å². The maximum Gasteiger partial charge on any atom is 0.0406 e. The van der Waals surface area contributed by atoms with Gasteiger partial charge in [0, 0.05) is 17.0 Å². The third-order valence-corrected chi connectivity index (χ3v) is 5.74. The molecule has 1 aromatic rings. The van der Waals surface area contributed by atoms with E-state index in [0.717, 1.165) is 5.02 Å². The van der Waals surface area contributed by atoms with E-state index in [1.807, 2.05) is 0 Å². The van der Waals surface area contributed by atoms with Crippen molar-refractivity contribution in [2.45, 2.75) is 63.2 Å². The van der Waals surface area contributed by atoms with Crippen LogP contribution in [0.2, 0.25) is 5.02 Å². The molecule has 1 saturated carbocycles. The summed E-state index contributed by atoms with van der Waals surface area (Å²) in [4.78, 5) is 2.75. The van der Waals surface area contributed by atoms with Crippen LogP contribution in [0.4, 0.5) is 0 Å². The number of hydrogen-bond acceptors (Lipinski definition) is 1. The Morgan fingerprint density at radius 3 is 2.00 bits per heavy atom. The van der Waals surface area contributed by atoms with Gasteiger partial charge in [-0.1, -0.05) is 55.8 Å². The first-order valence-corrected chi connectivity index (χ1v) is 9.15. The minimum atomic E-state index is 0.393. The third-order valence-electron chi connectivity index (χ3n) is 5.49. The van der Waals surface area contributed by atoms with Crippen LogP contribution < -0.4 is 0 Å². The molecule has 0 N–H and O–H groups in total. The molecule has 1 saturated heterocycles. The molecule has 2 heteroatoms. The summed E-state index contributed by atoms with van der Waals surface area (Å²) >= 11 is 6.08. The molecule has 0 spiro atoms. The summed E-state index contributed by atoms with van der Waals surface area (Å²) in [6.07, 6.45) is 12.5. The Morgan fingerprint density at radius 1 is 0.810 bits per heavy atom. The van der Waals surface area contributed by atoms with Gasteiger partial charge in [-0.2, -0.15) is 0 Å². The number of hydrogen-bond donors (Lipinski definition) is 0. The first-order valence-electron chi connectivity index (χ1n) is 8.77. The van der Waals surface area contributed by atoms with Gasteiger partial charge in [0.15, 0.2) is 0 Å². The van der Waals surface area contributed by atoms with Crippen molar-refractivity contribution in [3.05, 3.63) is 34.9 Å². The Kier molecular flexibility index (Phi) is 5.24. The summed E-state index contributed by atoms with van der Waals surface area (Å²) in [7, 11) is 0. The number of benzene rings is 1. The van der Waals surface area contributed by atoms with Crippen LogP contribution in [-0.2, 0) is 5.41 Å². The van der Waals surface area contributed by atoms with Gasteiger partial charge in [-0.15, -0.1) is 0 Å². The summed E-state index contributed by atoms with van der Waals surface area (Å²) in [6, 6.07) is 8.70. The van der Waals surface area contributed by atoms with Crippen LogP contribution in [0.15, 0.2) is 24.3 Å². The zero-order valence-corrected chi connectivity index (χ0v) is 13.9. The van der Waals surface area contributed by atoms with E-state index >= 15 is 0 Å². The van der Waals surface area contributed by atoms with Crippen LogP contribution in [-0.4, -0.2) is 24.5 Å². The van der Waals surface area contributed by atoms with Gasteiger partial charge in [0.05, 0.1) is 0 Å². The molecule has 1 aromatic carbocycles. The highest BCUT2D eigenvalue weighted by Crippen LogP contribution is 2.42. The zero-order valence-electron chi connectivity index (χ0n) is 13.1. The van der Waals surface area contributed by atoms with Crippen molar-refractivity contribution in [1.29, 1.82) is 0 Å². The minimum absolute atomic E-state index is 0.393. The fourth-order valence-electron chi connectivity index (χ4n) is 4.29. The second-order valence-electron chi connectivity index (χ2n) is 7.04. The molecular weight excluding hydrogens is 278 g/mol. The minimum Gasteiger partial charge on any atom is -0.302 e. The van der Waals surface area contributed by atoms with E-state index in [1.165, 1.54) is 83.0 Å². The van der Waals surface area contributed by atoms with Gasteiger partial charge in [0.25, 0.3) is 0 Å². The summed E-state index contributed by atoms with van der Waals surface area (Å²) < 4.78 is 0. The highest BCUT2D eigenvalue weighted by atomic mass is 35.5. The molecular formula is C19H28ClN. The van der Waals surface area contributed by atoms with Crippen molar-refractivity contribution in [3.63, 3.8) is 0 Å². The van der Waals surface area contributed by atoms with Crippen LogP contribution in [0, 0.1) is 0 Å². The van der Waals surface area contributed by atoms with Gasteiger partial charge in [0.2, 0.25) is 0 Å². The Bertz CT molecular complexity index is 425. The van der Waals surface area contributed by atoms with E-state index in [1.54, 1.807) is 0 Å². The van der Waals surface area contributed by atoms with E-state index in [-0.39, 0.29) is 0 Å². The average Bonchev–Trinajstić information content (AvgIpc) is 2.92. The smallest absolute Gasteiger partial charge is 0.0406 e. The normalized spacial score (nSPS) is 23.7. The van der Waals surface area contributed by atoms with Crippen molar-refractivity contribution in [2.24, 2.45) is 0 Å². The molecule has 3 rings (SSSR count). The van der Waals surface area contributed by atoms with Crippen LogP contribution in [0.1, 0.15) is 63.4 Å². The van der Waals surface area contributed by atoms with Crippen molar-refractivity contribution in [1.82, 2.24) is 4.90 Å². The molecule has 2 aliphatic rings. The Balaban J connectivity index is 1.75. The van der Waals surface area contributed by atoms with Crippen LogP contribution >= 0.6 is 11.6 Å². The number of halogens is 1. The molecule has 0 atom stereocenters. The van der Waals surface area contributed by atoms with Crippen LogP contribution in [0.3, 0.4) is 0 Å². The van der Waals surface area contributed by atoms with Gasteiger partial charge in [-0.25, -0.2) is 0 Å². The summed E-state index contributed by atoms with van der Waals surface area (Å²) in [5, 5.41) is 0.859. The molecule has 21 heavy (non-hydrogen) atoms. The Labute approximate surface area is 134 Å². The van der Waals surface area contributed by atoms with E-state index in [0.29, 0.717) is 5.41 Å². The maximum atomic E-state index is 6.08. The molecule has 2 fully saturated rings. The molecule has 0 radical (unpaired) electrons. The zero-order chi connectivity index (χ0) is 14.5. The quantitative estimate of drug-likeness (QED) is 0.721. The predicted octanol–water partition coefficient (Wildman–Crippen LogP) is 5.42. The summed E-state index contributed by atoms with van der Waals surface area (Å²) in [6.45, 7) is 3.86. The summed E-state index contributed by atoms with van der Waals surface area (Å²) in [5.41, 5.74) is 1.91. The monoisotopic (exact) mass is 305 g/mol. The lowest BCUT2D eigenvalue weighted by molar-refractivity contribution is 0.190. The Morgan fingerprint density at radius 2 is 1.38 bits per heavy atom. The lowest BCUT2D eigenvalue weighted by atomic mass is 9.78. The fourth-order valence-corrected chi connectivity index (χ4v) is 4.42. The predicted molar refractivity (Wildman–Crippen MR) is 91.1 cm³/mol. The van der Waals surface area contributed by atoms with E-state index in [9.17, 15) is 0 Å². The molecule has 1 aliphatic carbocycles. The highest BCUT2D eigenvalue weighted by molar-refractivity contribution is 6.30. The first kappa shape index (κ1) is 15.4. The molecule has 1 aliphatic heterocycles. The fraction of sp³-hybridized carbons (Fsp3) is 0.684. The number of rotatable bonds is 3. The summed E-state index contributed by atoms with van der Waals surface area (Å²) in [5.74, 6) is 0. The van der Waals surface area contributed by atoms with Crippen molar-refractivity contribution in [2.75, 3.05) is 19.6 Å². The first-order chi connectivity index (χ1) is 10.3. The molecule has 1 nitrogen and oxygen atoms in total.